The zero-order valence-electron chi connectivity index (χ0n) is 12.7. The van der Waals surface area contributed by atoms with E-state index in [1.54, 1.807) is 0 Å². The predicted octanol–water partition coefficient (Wildman–Crippen LogP) is 4.72. The van der Waals surface area contributed by atoms with Crippen molar-refractivity contribution in [2.75, 3.05) is 6.54 Å². The molecule has 1 unspecified atom stereocenters. The lowest BCUT2D eigenvalue weighted by atomic mass is 9.98. The number of rotatable bonds is 7. The van der Waals surface area contributed by atoms with Gasteiger partial charge in [0.2, 0.25) is 0 Å². The second-order valence-corrected chi connectivity index (χ2v) is 5.70. The van der Waals surface area contributed by atoms with Gasteiger partial charge in [0.25, 0.3) is 0 Å². The number of hydrogen-bond donors (Lipinski definition) is 1. The number of benzene rings is 2. The molecular formula is C19H25N. The molecule has 2 aromatic carbocycles. The topological polar surface area (TPSA) is 12.0 Å². The van der Waals surface area contributed by atoms with E-state index in [4.69, 9.17) is 0 Å². The van der Waals surface area contributed by atoms with Crippen LogP contribution >= 0.6 is 0 Å². The van der Waals surface area contributed by atoms with Crippen LogP contribution in [0, 0.1) is 0 Å². The largest absolute Gasteiger partial charge is 0.313 e. The van der Waals surface area contributed by atoms with E-state index in [0.717, 1.165) is 19.4 Å². The Kier molecular flexibility index (Phi) is 5.37. The lowest BCUT2D eigenvalue weighted by Crippen LogP contribution is -2.32. The van der Waals surface area contributed by atoms with E-state index in [-0.39, 0.29) is 0 Å². The molecule has 0 aromatic heterocycles. The molecule has 0 fully saturated rings. The van der Waals surface area contributed by atoms with Crippen LogP contribution in [0.1, 0.15) is 32.3 Å². The summed E-state index contributed by atoms with van der Waals surface area (Å²) in [5.41, 5.74) is 2.65. The van der Waals surface area contributed by atoms with E-state index in [1.165, 1.54) is 28.3 Å². The summed E-state index contributed by atoms with van der Waals surface area (Å²) in [5.74, 6) is 0. The average molecular weight is 267 g/mol. The standard InChI is InChI=1S/C19H25N/c1-4-11-20-19(12-15(2)3)14-16-9-10-17-7-5-6-8-18(17)13-16/h5-10,13,19-20H,2,4,11-12,14H2,1,3H3. The van der Waals surface area contributed by atoms with Crippen molar-refractivity contribution in [1.29, 1.82) is 0 Å². The summed E-state index contributed by atoms with van der Waals surface area (Å²) < 4.78 is 0. The van der Waals surface area contributed by atoms with Crippen molar-refractivity contribution < 1.29 is 0 Å². The molecule has 1 heteroatoms. The van der Waals surface area contributed by atoms with Gasteiger partial charge in [0.15, 0.2) is 0 Å². The quantitative estimate of drug-likeness (QED) is 0.716. The second kappa shape index (κ2) is 7.25. The van der Waals surface area contributed by atoms with Crippen molar-refractivity contribution in [3.63, 3.8) is 0 Å². The average Bonchev–Trinajstić information content (AvgIpc) is 2.44. The zero-order chi connectivity index (χ0) is 14.4. The van der Waals surface area contributed by atoms with Gasteiger partial charge in [-0.15, -0.1) is 6.58 Å². The molecule has 0 aliphatic carbocycles. The molecule has 2 rings (SSSR count). The third-order valence-corrected chi connectivity index (χ3v) is 3.57. The molecule has 20 heavy (non-hydrogen) atoms. The molecule has 2 aromatic rings. The maximum absolute atomic E-state index is 4.05. The number of fused-ring (bicyclic) bond motifs is 1. The first-order valence-corrected chi connectivity index (χ1v) is 7.54. The summed E-state index contributed by atoms with van der Waals surface area (Å²) in [4.78, 5) is 0. The Morgan fingerprint density at radius 1 is 1.15 bits per heavy atom. The molecule has 1 atom stereocenters. The highest BCUT2D eigenvalue weighted by atomic mass is 14.9. The lowest BCUT2D eigenvalue weighted by molar-refractivity contribution is 0.504. The maximum atomic E-state index is 4.05. The van der Waals surface area contributed by atoms with Crippen molar-refractivity contribution in [3.8, 4) is 0 Å². The molecule has 0 bridgehead atoms. The van der Waals surface area contributed by atoms with Gasteiger partial charge in [0, 0.05) is 6.04 Å². The van der Waals surface area contributed by atoms with Crippen LogP contribution in [0.25, 0.3) is 10.8 Å². The molecular weight excluding hydrogens is 242 g/mol. The molecule has 0 spiro atoms. The van der Waals surface area contributed by atoms with Crippen LogP contribution in [0.5, 0.6) is 0 Å². The van der Waals surface area contributed by atoms with Gasteiger partial charge in [-0.2, -0.15) is 0 Å². The third kappa shape index (κ3) is 4.21. The Labute approximate surface area is 122 Å². The fraction of sp³-hybridized carbons (Fsp3) is 0.368. The van der Waals surface area contributed by atoms with E-state index in [2.05, 4.69) is 68.2 Å². The van der Waals surface area contributed by atoms with E-state index < -0.39 is 0 Å². The summed E-state index contributed by atoms with van der Waals surface area (Å²) in [6, 6.07) is 15.8. The van der Waals surface area contributed by atoms with Crippen LogP contribution in [0.3, 0.4) is 0 Å². The van der Waals surface area contributed by atoms with Crippen molar-refractivity contribution in [2.24, 2.45) is 0 Å². The van der Waals surface area contributed by atoms with Gasteiger partial charge in [-0.25, -0.2) is 0 Å². The first kappa shape index (κ1) is 14.8. The van der Waals surface area contributed by atoms with Crippen LogP contribution < -0.4 is 5.32 Å². The van der Waals surface area contributed by atoms with Crippen LogP contribution in [0.15, 0.2) is 54.6 Å². The van der Waals surface area contributed by atoms with Crippen molar-refractivity contribution >= 4 is 10.8 Å². The fourth-order valence-corrected chi connectivity index (χ4v) is 2.64. The summed E-state index contributed by atoms with van der Waals surface area (Å²) in [6.45, 7) is 9.45. The second-order valence-electron chi connectivity index (χ2n) is 5.70. The minimum Gasteiger partial charge on any atom is -0.313 e. The zero-order valence-corrected chi connectivity index (χ0v) is 12.7. The van der Waals surface area contributed by atoms with Gasteiger partial charge in [-0.05, 0) is 49.1 Å². The number of nitrogens with one attached hydrogen (secondary N) is 1. The van der Waals surface area contributed by atoms with Gasteiger partial charge in [-0.3, -0.25) is 0 Å². The summed E-state index contributed by atoms with van der Waals surface area (Å²) in [7, 11) is 0. The Balaban J connectivity index is 2.12. The normalized spacial score (nSPS) is 12.5. The Morgan fingerprint density at radius 3 is 2.60 bits per heavy atom. The Hall–Kier alpha value is -1.60. The van der Waals surface area contributed by atoms with E-state index in [0.29, 0.717) is 6.04 Å². The molecule has 0 amide bonds. The maximum Gasteiger partial charge on any atom is 0.0144 e. The highest BCUT2D eigenvalue weighted by Crippen LogP contribution is 2.18. The molecule has 1 nitrogen and oxygen atoms in total. The monoisotopic (exact) mass is 267 g/mol. The SMILES string of the molecule is C=C(C)CC(Cc1ccc2ccccc2c1)NCCC. The molecule has 106 valence electrons. The Morgan fingerprint density at radius 2 is 1.90 bits per heavy atom. The molecule has 0 saturated carbocycles. The molecule has 1 N–H and O–H groups in total. The van der Waals surface area contributed by atoms with E-state index in [1.807, 2.05) is 0 Å². The summed E-state index contributed by atoms with van der Waals surface area (Å²) in [5, 5.41) is 6.28. The van der Waals surface area contributed by atoms with Crippen LogP contribution in [-0.4, -0.2) is 12.6 Å². The van der Waals surface area contributed by atoms with Gasteiger partial charge in [0.1, 0.15) is 0 Å². The van der Waals surface area contributed by atoms with Crippen molar-refractivity contribution in [2.45, 2.75) is 39.2 Å². The first-order chi connectivity index (χ1) is 9.69. The highest BCUT2D eigenvalue weighted by molar-refractivity contribution is 5.82. The number of hydrogen-bond acceptors (Lipinski definition) is 1. The predicted molar refractivity (Wildman–Crippen MR) is 89.2 cm³/mol. The molecule has 0 saturated heterocycles. The first-order valence-electron chi connectivity index (χ1n) is 7.54. The summed E-state index contributed by atoms with van der Waals surface area (Å²) in [6.07, 6.45) is 3.29. The summed E-state index contributed by atoms with van der Waals surface area (Å²) >= 11 is 0. The van der Waals surface area contributed by atoms with Gasteiger partial charge in [-0.1, -0.05) is 55.0 Å². The van der Waals surface area contributed by atoms with Gasteiger partial charge >= 0.3 is 0 Å². The molecule has 0 aliphatic heterocycles. The molecule has 0 heterocycles. The van der Waals surface area contributed by atoms with Gasteiger partial charge < -0.3 is 5.32 Å². The Bertz CT molecular complexity index is 571. The lowest BCUT2D eigenvalue weighted by Gasteiger charge is -2.19. The smallest absolute Gasteiger partial charge is 0.0144 e. The van der Waals surface area contributed by atoms with Crippen LogP contribution in [0.2, 0.25) is 0 Å². The van der Waals surface area contributed by atoms with Crippen molar-refractivity contribution in [1.82, 2.24) is 5.32 Å². The van der Waals surface area contributed by atoms with E-state index in [9.17, 15) is 0 Å². The highest BCUT2D eigenvalue weighted by Gasteiger charge is 2.09. The minimum atomic E-state index is 0.494. The van der Waals surface area contributed by atoms with Crippen molar-refractivity contribution in [3.05, 3.63) is 60.2 Å². The van der Waals surface area contributed by atoms with Gasteiger partial charge in [0.05, 0.1) is 0 Å². The molecule has 0 radical (unpaired) electrons. The fourth-order valence-electron chi connectivity index (χ4n) is 2.64. The molecule has 0 aliphatic rings. The minimum absolute atomic E-state index is 0.494. The third-order valence-electron chi connectivity index (χ3n) is 3.57. The van der Waals surface area contributed by atoms with E-state index >= 15 is 0 Å². The van der Waals surface area contributed by atoms with Crippen LogP contribution in [0.4, 0.5) is 0 Å². The van der Waals surface area contributed by atoms with Crippen LogP contribution in [-0.2, 0) is 6.42 Å².